The van der Waals surface area contributed by atoms with Gasteiger partial charge in [0.05, 0.1) is 11.4 Å². The van der Waals surface area contributed by atoms with E-state index in [1.165, 1.54) is 26.8 Å². The molecule has 2 rings (SSSR count). The SMILES string of the molecule is CC(=O)Nc1ccc(C(C)=O)cc1OCC(=O)c1[nH]c(C)c(C(C)=O)c1C. The predicted octanol–water partition coefficient (Wildman–Crippen LogP) is 3.26. The maximum atomic E-state index is 12.6. The second kappa shape index (κ2) is 7.99. The van der Waals surface area contributed by atoms with Gasteiger partial charge in [-0.1, -0.05) is 0 Å². The third-order valence-corrected chi connectivity index (χ3v) is 4.13. The van der Waals surface area contributed by atoms with Gasteiger partial charge in [0.25, 0.3) is 0 Å². The van der Waals surface area contributed by atoms with E-state index >= 15 is 0 Å². The number of H-pyrrole nitrogens is 1. The summed E-state index contributed by atoms with van der Waals surface area (Å²) in [6.07, 6.45) is 0. The second-order valence-electron chi connectivity index (χ2n) is 6.34. The summed E-state index contributed by atoms with van der Waals surface area (Å²) in [6, 6.07) is 4.60. The topological polar surface area (TPSA) is 105 Å². The Morgan fingerprint density at radius 1 is 1.04 bits per heavy atom. The summed E-state index contributed by atoms with van der Waals surface area (Å²) in [6.45, 7) is 7.32. The zero-order valence-electron chi connectivity index (χ0n) is 16.0. The highest BCUT2D eigenvalue weighted by molar-refractivity contribution is 6.04. The number of ketones is 3. The number of hydrogen-bond donors (Lipinski definition) is 2. The number of ether oxygens (including phenoxy) is 1. The first-order valence-corrected chi connectivity index (χ1v) is 8.40. The molecule has 0 radical (unpaired) electrons. The van der Waals surface area contributed by atoms with Gasteiger partial charge < -0.3 is 15.0 Å². The third kappa shape index (κ3) is 4.49. The van der Waals surface area contributed by atoms with Gasteiger partial charge in [-0.25, -0.2) is 0 Å². The van der Waals surface area contributed by atoms with Crippen LogP contribution in [-0.4, -0.2) is 34.8 Å². The van der Waals surface area contributed by atoms with Crippen molar-refractivity contribution in [3.63, 3.8) is 0 Å². The van der Waals surface area contributed by atoms with Crippen molar-refractivity contribution in [2.75, 3.05) is 11.9 Å². The number of benzene rings is 1. The van der Waals surface area contributed by atoms with Crippen LogP contribution >= 0.6 is 0 Å². The minimum Gasteiger partial charge on any atom is -0.483 e. The van der Waals surface area contributed by atoms with E-state index in [1.807, 2.05) is 0 Å². The van der Waals surface area contributed by atoms with Gasteiger partial charge in [-0.15, -0.1) is 0 Å². The lowest BCUT2D eigenvalue weighted by molar-refractivity contribution is -0.114. The highest BCUT2D eigenvalue weighted by Gasteiger charge is 2.20. The Morgan fingerprint density at radius 3 is 2.22 bits per heavy atom. The molecule has 1 heterocycles. The zero-order chi connectivity index (χ0) is 20.3. The van der Waals surface area contributed by atoms with E-state index in [-0.39, 0.29) is 35.6 Å². The van der Waals surface area contributed by atoms with E-state index in [2.05, 4.69) is 10.3 Å². The maximum Gasteiger partial charge on any atom is 0.221 e. The molecule has 1 amide bonds. The predicted molar refractivity (Wildman–Crippen MR) is 101 cm³/mol. The number of anilines is 1. The van der Waals surface area contributed by atoms with Crippen molar-refractivity contribution in [2.24, 2.45) is 0 Å². The summed E-state index contributed by atoms with van der Waals surface area (Å²) in [7, 11) is 0. The molecule has 0 fully saturated rings. The number of amides is 1. The van der Waals surface area contributed by atoms with Crippen molar-refractivity contribution in [2.45, 2.75) is 34.6 Å². The highest BCUT2D eigenvalue weighted by Crippen LogP contribution is 2.27. The molecule has 7 nitrogen and oxygen atoms in total. The lowest BCUT2D eigenvalue weighted by atomic mass is 10.1. The highest BCUT2D eigenvalue weighted by atomic mass is 16.5. The van der Waals surface area contributed by atoms with Gasteiger partial charge in [0.2, 0.25) is 11.7 Å². The molecule has 2 aromatic rings. The largest absolute Gasteiger partial charge is 0.483 e. The van der Waals surface area contributed by atoms with Crippen molar-refractivity contribution in [1.29, 1.82) is 0 Å². The molecule has 0 aliphatic rings. The van der Waals surface area contributed by atoms with Crippen molar-refractivity contribution in [1.82, 2.24) is 4.98 Å². The molecule has 0 bridgehead atoms. The average molecular weight is 370 g/mol. The van der Waals surface area contributed by atoms with E-state index in [4.69, 9.17) is 4.74 Å². The smallest absolute Gasteiger partial charge is 0.221 e. The third-order valence-electron chi connectivity index (χ3n) is 4.13. The van der Waals surface area contributed by atoms with Gasteiger partial charge in [-0.05, 0) is 51.5 Å². The Hall–Kier alpha value is -3.22. The van der Waals surface area contributed by atoms with Crippen molar-refractivity contribution in [3.8, 4) is 5.75 Å². The fourth-order valence-electron chi connectivity index (χ4n) is 2.93. The van der Waals surface area contributed by atoms with Crippen LogP contribution in [0.2, 0.25) is 0 Å². The van der Waals surface area contributed by atoms with Gasteiger partial charge in [0.1, 0.15) is 5.75 Å². The molecule has 0 saturated carbocycles. The molecule has 0 aliphatic heterocycles. The molecule has 2 N–H and O–H groups in total. The van der Waals surface area contributed by atoms with Crippen LogP contribution < -0.4 is 10.1 Å². The first kappa shape index (κ1) is 20.1. The van der Waals surface area contributed by atoms with Crippen LogP contribution in [-0.2, 0) is 4.79 Å². The van der Waals surface area contributed by atoms with Crippen LogP contribution in [0.5, 0.6) is 5.75 Å². The molecule has 1 aromatic carbocycles. The fourth-order valence-corrected chi connectivity index (χ4v) is 2.93. The molecule has 0 spiro atoms. The molecule has 0 saturated heterocycles. The first-order chi connectivity index (χ1) is 12.6. The number of nitrogens with one attached hydrogen (secondary N) is 2. The Labute approximate surface area is 157 Å². The van der Waals surface area contributed by atoms with Gasteiger partial charge in [0, 0.05) is 23.7 Å². The number of hydrogen-bond acceptors (Lipinski definition) is 5. The van der Waals surface area contributed by atoms with Gasteiger partial charge in [-0.3, -0.25) is 19.2 Å². The molecular weight excluding hydrogens is 348 g/mol. The van der Waals surface area contributed by atoms with Gasteiger partial charge >= 0.3 is 0 Å². The van der Waals surface area contributed by atoms with Crippen LogP contribution in [0.25, 0.3) is 0 Å². The molecule has 142 valence electrons. The average Bonchev–Trinajstić information content (AvgIpc) is 2.87. The summed E-state index contributed by atoms with van der Waals surface area (Å²) < 4.78 is 5.59. The minimum absolute atomic E-state index is 0.122. The van der Waals surface area contributed by atoms with Gasteiger partial charge in [-0.2, -0.15) is 0 Å². The second-order valence-corrected chi connectivity index (χ2v) is 6.34. The van der Waals surface area contributed by atoms with E-state index in [0.29, 0.717) is 33.8 Å². The van der Waals surface area contributed by atoms with Crippen LogP contribution in [0.1, 0.15) is 63.2 Å². The summed E-state index contributed by atoms with van der Waals surface area (Å²) in [5, 5.41) is 2.60. The molecular formula is C20H22N2O5. The number of aromatic nitrogens is 1. The van der Waals surface area contributed by atoms with Crippen molar-refractivity contribution < 1.29 is 23.9 Å². The van der Waals surface area contributed by atoms with E-state index in [1.54, 1.807) is 26.0 Å². The lowest BCUT2D eigenvalue weighted by Gasteiger charge is -2.12. The Kier molecular flexibility index (Phi) is 5.95. The summed E-state index contributed by atoms with van der Waals surface area (Å²) >= 11 is 0. The maximum absolute atomic E-state index is 12.6. The quantitative estimate of drug-likeness (QED) is 0.728. The van der Waals surface area contributed by atoms with Gasteiger partial charge in [0.15, 0.2) is 18.2 Å². The molecule has 1 aromatic heterocycles. The molecule has 0 aliphatic carbocycles. The molecule has 27 heavy (non-hydrogen) atoms. The summed E-state index contributed by atoms with van der Waals surface area (Å²) in [5.74, 6) is -0.710. The normalized spacial score (nSPS) is 10.4. The standard InChI is InChI=1S/C20H22N2O5/c1-10-19(13(4)24)11(2)21-20(10)17(26)9-27-18-8-15(12(3)23)6-7-16(18)22-14(5)25/h6-8,21H,9H2,1-5H3,(H,22,25). The number of carbonyl (C=O) groups excluding carboxylic acids is 4. The van der Waals surface area contributed by atoms with Crippen LogP contribution in [0.4, 0.5) is 5.69 Å². The Morgan fingerprint density at radius 2 is 1.70 bits per heavy atom. The molecule has 0 atom stereocenters. The van der Waals surface area contributed by atoms with Crippen LogP contribution in [0.3, 0.4) is 0 Å². The zero-order valence-corrected chi connectivity index (χ0v) is 16.0. The summed E-state index contributed by atoms with van der Waals surface area (Å²) in [5.41, 5.74) is 2.77. The van der Waals surface area contributed by atoms with Crippen molar-refractivity contribution in [3.05, 3.63) is 46.3 Å². The number of rotatable bonds is 7. The van der Waals surface area contributed by atoms with E-state index in [0.717, 1.165) is 0 Å². The Balaban J connectivity index is 2.27. The minimum atomic E-state index is -0.342. The number of Topliss-reactive ketones (excluding diaryl/α,β-unsaturated/α-hetero) is 3. The number of aryl methyl sites for hydroxylation is 1. The Bertz CT molecular complexity index is 940. The fraction of sp³-hybridized carbons (Fsp3) is 0.300. The number of carbonyl (C=O) groups is 4. The van der Waals surface area contributed by atoms with Crippen molar-refractivity contribution >= 4 is 28.9 Å². The van der Waals surface area contributed by atoms with E-state index in [9.17, 15) is 19.2 Å². The van der Waals surface area contributed by atoms with Crippen LogP contribution in [0.15, 0.2) is 18.2 Å². The number of aromatic amines is 1. The lowest BCUT2D eigenvalue weighted by Crippen LogP contribution is -2.15. The summed E-state index contributed by atoms with van der Waals surface area (Å²) in [4.78, 5) is 50.2. The molecule has 7 heteroatoms. The molecule has 0 unspecified atom stereocenters. The first-order valence-electron chi connectivity index (χ1n) is 8.40. The monoisotopic (exact) mass is 370 g/mol. The van der Waals surface area contributed by atoms with Crippen LogP contribution in [0, 0.1) is 13.8 Å². The van der Waals surface area contributed by atoms with E-state index < -0.39 is 0 Å².